The van der Waals surface area contributed by atoms with E-state index in [1.165, 1.54) is 6.26 Å². The number of aromatic nitrogens is 3. The van der Waals surface area contributed by atoms with Crippen molar-refractivity contribution in [1.29, 1.82) is 0 Å². The molecule has 1 atom stereocenters. The molecule has 0 spiro atoms. The Labute approximate surface area is 173 Å². The van der Waals surface area contributed by atoms with Crippen molar-refractivity contribution < 1.29 is 13.2 Å². The van der Waals surface area contributed by atoms with Crippen molar-refractivity contribution in [2.24, 2.45) is 5.73 Å². The van der Waals surface area contributed by atoms with Gasteiger partial charge in [0.1, 0.15) is 6.54 Å². The maximum Gasteiger partial charge on any atom is 0.237 e. The lowest BCUT2D eigenvalue weighted by molar-refractivity contribution is -0.118. The summed E-state index contributed by atoms with van der Waals surface area (Å²) < 4.78 is 30.1. The van der Waals surface area contributed by atoms with Crippen LogP contribution < -0.4 is 5.73 Å². The SMILES string of the molecule is CS(=O)(=O)c1snnc1C1CCCN(Cc2cn(CC(N)=O)c3ccccc23)C1. The van der Waals surface area contributed by atoms with E-state index in [1.54, 1.807) is 0 Å². The molecule has 3 aromatic rings. The number of carbonyl (C=O) groups is 1. The molecule has 0 saturated carbocycles. The minimum Gasteiger partial charge on any atom is -0.368 e. The number of benzene rings is 1. The molecule has 8 nitrogen and oxygen atoms in total. The van der Waals surface area contributed by atoms with Gasteiger partial charge in [-0.25, -0.2) is 8.42 Å². The second-order valence-corrected chi connectivity index (χ2v) is 10.5. The molecule has 154 valence electrons. The topological polar surface area (TPSA) is 111 Å². The van der Waals surface area contributed by atoms with Crippen LogP contribution in [0.15, 0.2) is 34.7 Å². The third-order valence-electron chi connectivity index (χ3n) is 5.30. The smallest absolute Gasteiger partial charge is 0.237 e. The standard InChI is InChI=1S/C19H23N5O3S2/c1-29(26,27)19-18(21-22-28-19)13-5-4-8-23(9-13)10-14-11-24(12-17(20)25)16-7-3-2-6-15(14)16/h2-3,6-7,11,13H,4-5,8-10,12H2,1H3,(H2,20,25). The fraction of sp³-hybridized carbons (Fsp3) is 0.421. The predicted molar refractivity (Wildman–Crippen MR) is 111 cm³/mol. The van der Waals surface area contributed by atoms with Gasteiger partial charge in [0.25, 0.3) is 0 Å². The van der Waals surface area contributed by atoms with Crippen molar-refractivity contribution in [3.8, 4) is 0 Å². The van der Waals surface area contributed by atoms with Crippen molar-refractivity contribution in [2.45, 2.75) is 36.1 Å². The lowest BCUT2D eigenvalue weighted by Crippen LogP contribution is -2.34. The van der Waals surface area contributed by atoms with Gasteiger partial charge in [-0.2, -0.15) is 0 Å². The number of primary amides is 1. The van der Waals surface area contributed by atoms with Crippen molar-refractivity contribution in [1.82, 2.24) is 19.1 Å². The summed E-state index contributed by atoms with van der Waals surface area (Å²) in [7, 11) is -3.32. The van der Waals surface area contributed by atoms with Gasteiger partial charge in [0.05, 0.1) is 5.69 Å². The highest BCUT2D eigenvalue weighted by atomic mass is 32.2. The van der Waals surface area contributed by atoms with Gasteiger partial charge in [0.15, 0.2) is 14.0 Å². The minimum atomic E-state index is -3.32. The fourth-order valence-corrected chi connectivity index (χ4v) is 5.84. The molecular weight excluding hydrogens is 410 g/mol. The summed E-state index contributed by atoms with van der Waals surface area (Å²) in [5.41, 5.74) is 8.11. The molecule has 1 fully saturated rings. The third kappa shape index (κ3) is 4.19. The second kappa shape index (κ2) is 7.85. The summed E-state index contributed by atoms with van der Waals surface area (Å²) in [5.74, 6) is -0.328. The number of para-hydroxylation sites is 1. The van der Waals surface area contributed by atoms with Gasteiger partial charge in [-0.05, 0) is 31.0 Å². The Balaban J connectivity index is 1.58. The first-order valence-corrected chi connectivity index (χ1v) is 12.1. The maximum atomic E-state index is 12.0. The molecule has 10 heteroatoms. The first-order valence-electron chi connectivity index (χ1n) is 9.42. The summed E-state index contributed by atoms with van der Waals surface area (Å²) in [6, 6.07) is 7.97. The van der Waals surface area contributed by atoms with Crippen LogP contribution in [0.2, 0.25) is 0 Å². The Kier molecular flexibility index (Phi) is 5.41. The summed E-state index contributed by atoms with van der Waals surface area (Å²) in [6.07, 6.45) is 5.06. The van der Waals surface area contributed by atoms with Crippen LogP contribution in [-0.2, 0) is 27.7 Å². The zero-order chi connectivity index (χ0) is 20.6. The summed E-state index contributed by atoms with van der Waals surface area (Å²) >= 11 is 0.952. The van der Waals surface area contributed by atoms with Crippen LogP contribution in [0.1, 0.15) is 30.0 Å². The monoisotopic (exact) mass is 433 g/mol. The molecule has 29 heavy (non-hydrogen) atoms. The van der Waals surface area contributed by atoms with Gasteiger partial charge in [-0.1, -0.05) is 22.7 Å². The van der Waals surface area contributed by atoms with Crippen molar-refractivity contribution in [2.75, 3.05) is 19.3 Å². The summed E-state index contributed by atoms with van der Waals surface area (Å²) in [6.45, 7) is 2.51. The molecule has 0 bridgehead atoms. The van der Waals surface area contributed by atoms with E-state index in [0.717, 1.165) is 53.9 Å². The van der Waals surface area contributed by atoms with Gasteiger partial charge in [-0.15, -0.1) is 5.10 Å². The van der Waals surface area contributed by atoms with E-state index in [2.05, 4.69) is 20.6 Å². The average molecular weight is 434 g/mol. The molecule has 4 rings (SSSR count). The predicted octanol–water partition coefficient (Wildman–Crippen LogP) is 1.76. The number of sulfone groups is 1. The van der Waals surface area contributed by atoms with Crippen LogP contribution in [0.3, 0.4) is 0 Å². The first kappa shape index (κ1) is 20.0. The number of piperidine rings is 1. The van der Waals surface area contributed by atoms with Gasteiger partial charge < -0.3 is 10.3 Å². The number of nitrogens with zero attached hydrogens (tertiary/aromatic N) is 4. The lowest BCUT2D eigenvalue weighted by Gasteiger charge is -2.32. The van der Waals surface area contributed by atoms with E-state index in [1.807, 2.05) is 29.0 Å². The Morgan fingerprint density at radius 2 is 2.14 bits per heavy atom. The largest absolute Gasteiger partial charge is 0.368 e. The third-order valence-corrected chi connectivity index (χ3v) is 7.85. The number of likely N-dealkylation sites (tertiary alicyclic amines) is 1. The van der Waals surface area contributed by atoms with E-state index in [9.17, 15) is 13.2 Å². The van der Waals surface area contributed by atoms with E-state index in [4.69, 9.17) is 5.73 Å². The molecule has 2 N–H and O–H groups in total. The molecule has 2 aromatic heterocycles. The van der Waals surface area contributed by atoms with Crippen LogP contribution in [0.25, 0.3) is 10.9 Å². The van der Waals surface area contributed by atoms with Gasteiger partial charge in [0.2, 0.25) is 5.91 Å². The highest BCUT2D eigenvalue weighted by Crippen LogP contribution is 2.33. The van der Waals surface area contributed by atoms with Crippen molar-refractivity contribution in [3.63, 3.8) is 0 Å². The molecule has 0 aliphatic carbocycles. The fourth-order valence-electron chi connectivity index (χ4n) is 4.11. The molecule has 1 aromatic carbocycles. The Morgan fingerprint density at radius 1 is 1.34 bits per heavy atom. The molecule has 1 aliphatic heterocycles. The molecule has 1 aliphatic rings. The highest BCUT2D eigenvalue weighted by Gasteiger charge is 2.29. The van der Waals surface area contributed by atoms with E-state index in [0.29, 0.717) is 12.2 Å². The molecule has 1 amide bonds. The number of fused-ring (bicyclic) bond motifs is 1. The summed E-state index contributed by atoms with van der Waals surface area (Å²) in [4.78, 5) is 13.7. The van der Waals surface area contributed by atoms with E-state index < -0.39 is 9.84 Å². The zero-order valence-corrected chi connectivity index (χ0v) is 17.7. The molecule has 1 unspecified atom stereocenters. The number of amides is 1. The molecular formula is C19H23N5O3S2. The molecule has 3 heterocycles. The van der Waals surface area contributed by atoms with Crippen LogP contribution in [0, 0.1) is 0 Å². The Hall–Kier alpha value is -2.30. The number of rotatable bonds is 6. The first-order chi connectivity index (χ1) is 13.8. The van der Waals surface area contributed by atoms with Crippen LogP contribution in [-0.4, -0.2) is 52.7 Å². The van der Waals surface area contributed by atoms with Crippen molar-refractivity contribution >= 4 is 38.2 Å². The Bertz CT molecular complexity index is 1150. The number of hydrogen-bond acceptors (Lipinski definition) is 7. The summed E-state index contributed by atoms with van der Waals surface area (Å²) in [5, 5.41) is 5.24. The second-order valence-electron chi connectivity index (χ2n) is 7.56. The number of carbonyl (C=O) groups excluding carboxylic acids is 1. The molecule has 0 radical (unpaired) electrons. The lowest BCUT2D eigenvalue weighted by atomic mass is 9.95. The quantitative estimate of drug-likeness (QED) is 0.634. The van der Waals surface area contributed by atoms with E-state index in [-0.39, 0.29) is 22.6 Å². The molecule has 1 saturated heterocycles. The normalized spacial score (nSPS) is 18.3. The van der Waals surface area contributed by atoms with Crippen LogP contribution in [0.5, 0.6) is 0 Å². The Morgan fingerprint density at radius 3 is 2.90 bits per heavy atom. The minimum absolute atomic E-state index is 0.0474. The highest BCUT2D eigenvalue weighted by molar-refractivity contribution is 7.92. The van der Waals surface area contributed by atoms with Crippen LogP contribution >= 0.6 is 11.5 Å². The van der Waals surface area contributed by atoms with Gasteiger partial charge in [-0.3, -0.25) is 9.69 Å². The number of nitrogens with two attached hydrogens (primary N) is 1. The van der Waals surface area contributed by atoms with Gasteiger partial charge in [0, 0.05) is 53.9 Å². The van der Waals surface area contributed by atoms with E-state index >= 15 is 0 Å². The zero-order valence-electron chi connectivity index (χ0n) is 16.1. The average Bonchev–Trinajstić information content (AvgIpc) is 3.28. The number of hydrogen-bond donors (Lipinski definition) is 1. The van der Waals surface area contributed by atoms with Gasteiger partial charge >= 0.3 is 0 Å². The maximum absolute atomic E-state index is 12.0. The van der Waals surface area contributed by atoms with Crippen molar-refractivity contribution in [3.05, 3.63) is 41.7 Å². The van der Waals surface area contributed by atoms with Crippen LogP contribution in [0.4, 0.5) is 0 Å².